The molecule has 4 nitrogen and oxygen atoms in total. The normalized spacial score (nSPS) is 17.3. The van der Waals surface area contributed by atoms with Crippen LogP contribution >= 0.6 is 0 Å². The van der Waals surface area contributed by atoms with Crippen molar-refractivity contribution < 1.29 is 9.90 Å². The molecule has 1 rings (SSSR count). The number of urea groups is 1. The first-order valence-electron chi connectivity index (χ1n) is 4.54. The fourth-order valence-corrected chi connectivity index (χ4v) is 1.40. The molecular weight excluding hydrogens is 168 g/mol. The van der Waals surface area contributed by atoms with E-state index in [0.717, 1.165) is 25.0 Å². The lowest BCUT2D eigenvalue weighted by molar-refractivity contribution is 0.192. The van der Waals surface area contributed by atoms with Gasteiger partial charge in [0.25, 0.3) is 0 Å². The van der Waals surface area contributed by atoms with Gasteiger partial charge in [-0.1, -0.05) is 12.2 Å². The average Bonchev–Trinajstić information content (AvgIpc) is 2.14. The van der Waals surface area contributed by atoms with Crippen molar-refractivity contribution in [1.29, 1.82) is 0 Å². The van der Waals surface area contributed by atoms with E-state index in [0.29, 0.717) is 13.1 Å². The van der Waals surface area contributed by atoms with E-state index in [1.165, 1.54) is 0 Å². The summed E-state index contributed by atoms with van der Waals surface area (Å²) >= 11 is 0. The topological polar surface area (TPSA) is 52.6 Å². The van der Waals surface area contributed by atoms with Gasteiger partial charge < -0.3 is 15.3 Å². The molecule has 0 spiro atoms. The van der Waals surface area contributed by atoms with Crippen LogP contribution in [0.5, 0.6) is 0 Å². The van der Waals surface area contributed by atoms with Crippen molar-refractivity contribution in [2.75, 3.05) is 26.2 Å². The molecule has 2 amide bonds. The minimum absolute atomic E-state index is 0.0134. The smallest absolute Gasteiger partial charge is 0.317 e. The summed E-state index contributed by atoms with van der Waals surface area (Å²) in [5.74, 6) is 0. The fraction of sp³-hybridized carbons (Fsp3) is 0.667. The molecular formula is C9H16N2O2. The van der Waals surface area contributed by atoms with Crippen molar-refractivity contribution in [1.82, 2.24) is 10.2 Å². The van der Waals surface area contributed by atoms with E-state index in [1.807, 2.05) is 0 Å². The molecule has 1 aliphatic heterocycles. The van der Waals surface area contributed by atoms with Crippen LogP contribution in [0.4, 0.5) is 4.79 Å². The number of aliphatic hydroxyl groups excluding tert-OH is 1. The van der Waals surface area contributed by atoms with Gasteiger partial charge in [-0.05, 0) is 12.8 Å². The number of aliphatic hydroxyl groups is 1. The third kappa shape index (κ3) is 3.06. The number of amides is 2. The molecule has 4 heteroatoms. The van der Waals surface area contributed by atoms with Crippen molar-refractivity contribution in [3.8, 4) is 0 Å². The lowest BCUT2D eigenvalue weighted by Crippen LogP contribution is -2.44. The lowest BCUT2D eigenvalue weighted by Gasteiger charge is -2.28. The van der Waals surface area contributed by atoms with Crippen LogP contribution in [-0.4, -0.2) is 42.3 Å². The molecule has 0 atom stereocenters. The van der Waals surface area contributed by atoms with Crippen LogP contribution in [0.3, 0.4) is 0 Å². The van der Waals surface area contributed by atoms with Gasteiger partial charge in [0, 0.05) is 19.6 Å². The van der Waals surface area contributed by atoms with E-state index in [9.17, 15) is 4.79 Å². The minimum atomic E-state index is -0.102. The zero-order chi connectivity index (χ0) is 9.68. The molecule has 1 heterocycles. The summed E-state index contributed by atoms with van der Waals surface area (Å²) in [6, 6.07) is -0.102. The third-order valence-corrected chi connectivity index (χ3v) is 2.05. The largest absolute Gasteiger partial charge is 0.395 e. The van der Waals surface area contributed by atoms with Crippen LogP contribution in [0, 0.1) is 0 Å². The molecule has 74 valence electrons. The summed E-state index contributed by atoms with van der Waals surface area (Å²) in [5.41, 5.74) is 1.10. The Morgan fingerprint density at radius 2 is 2.46 bits per heavy atom. The average molecular weight is 184 g/mol. The maximum Gasteiger partial charge on any atom is 0.317 e. The van der Waals surface area contributed by atoms with Gasteiger partial charge in [-0.2, -0.15) is 0 Å². The molecule has 0 bridgehead atoms. The molecule has 0 aromatic heterocycles. The van der Waals surface area contributed by atoms with E-state index in [1.54, 1.807) is 4.90 Å². The third-order valence-electron chi connectivity index (χ3n) is 2.05. The Hall–Kier alpha value is -1.03. The van der Waals surface area contributed by atoms with Gasteiger partial charge >= 0.3 is 6.03 Å². The number of carbonyl (C=O) groups excluding carboxylic acids is 1. The van der Waals surface area contributed by atoms with Gasteiger partial charge in [0.1, 0.15) is 0 Å². The predicted molar refractivity (Wildman–Crippen MR) is 50.4 cm³/mol. The molecule has 2 N–H and O–H groups in total. The molecule has 1 saturated heterocycles. The monoisotopic (exact) mass is 184 g/mol. The van der Waals surface area contributed by atoms with Crippen LogP contribution in [0.2, 0.25) is 0 Å². The number of carbonyl (C=O) groups is 1. The zero-order valence-corrected chi connectivity index (χ0v) is 7.75. The van der Waals surface area contributed by atoms with E-state index in [4.69, 9.17) is 5.11 Å². The molecule has 1 fully saturated rings. The molecule has 0 aromatic rings. The molecule has 0 saturated carbocycles. The number of piperidine rings is 1. The lowest BCUT2D eigenvalue weighted by atomic mass is 10.1. The van der Waals surface area contributed by atoms with Gasteiger partial charge in [0.15, 0.2) is 0 Å². The number of hydrogen-bond donors (Lipinski definition) is 2. The summed E-state index contributed by atoms with van der Waals surface area (Å²) in [6.07, 6.45) is 2.01. The summed E-state index contributed by atoms with van der Waals surface area (Å²) in [6.45, 7) is 5.60. The quantitative estimate of drug-likeness (QED) is 0.608. The van der Waals surface area contributed by atoms with Crippen molar-refractivity contribution in [3.05, 3.63) is 12.2 Å². The second-order valence-corrected chi connectivity index (χ2v) is 3.23. The van der Waals surface area contributed by atoms with Crippen molar-refractivity contribution in [2.24, 2.45) is 0 Å². The van der Waals surface area contributed by atoms with Crippen LogP contribution in [0.25, 0.3) is 0 Å². The van der Waals surface area contributed by atoms with E-state index in [-0.39, 0.29) is 12.6 Å². The molecule has 0 aliphatic carbocycles. The first kappa shape index (κ1) is 10.1. The summed E-state index contributed by atoms with van der Waals surface area (Å²) in [4.78, 5) is 13.1. The van der Waals surface area contributed by atoms with Crippen LogP contribution in [0.1, 0.15) is 12.8 Å². The Labute approximate surface area is 78.2 Å². The SMILES string of the molecule is C=C1CCCN(C(=O)NCCO)C1. The molecule has 1 aliphatic rings. The Morgan fingerprint density at radius 3 is 3.08 bits per heavy atom. The maximum absolute atomic E-state index is 11.4. The Balaban J connectivity index is 2.32. The molecule has 0 unspecified atom stereocenters. The summed E-state index contributed by atoms with van der Waals surface area (Å²) < 4.78 is 0. The predicted octanol–water partition coefficient (Wildman–Crippen LogP) is 0.340. The molecule has 0 aromatic carbocycles. The van der Waals surface area contributed by atoms with Crippen molar-refractivity contribution >= 4 is 6.03 Å². The first-order valence-corrected chi connectivity index (χ1v) is 4.54. The second-order valence-electron chi connectivity index (χ2n) is 3.23. The summed E-state index contributed by atoms with van der Waals surface area (Å²) in [7, 11) is 0. The standard InChI is InChI=1S/C9H16N2O2/c1-8-3-2-5-11(7-8)9(13)10-4-6-12/h12H,1-7H2,(H,10,13). The van der Waals surface area contributed by atoms with Crippen LogP contribution < -0.4 is 5.32 Å². The zero-order valence-electron chi connectivity index (χ0n) is 7.75. The highest BCUT2D eigenvalue weighted by molar-refractivity contribution is 5.74. The van der Waals surface area contributed by atoms with Gasteiger partial charge in [-0.15, -0.1) is 0 Å². The Morgan fingerprint density at radius 1 is 1.69 bits per heavy atom. The van der Waals surface area contributed by atoms with Gasteiger partial charge in [-0.3, -0.25) is 0 Å². The van der Waals surface area contributed by atoms with Gasteiger partial charge in [-0.25, -0.2) is 4.79 Å². The highest BCUT2D eigenvalue weighted by Crippen LogP contribution is 2.12. The van der Waals surface area contributed by atoms with Gasteiger partial charge in [0.2, 0.25) is 0 Å². The minimum Gasteiger partial charge on any atom is -0.395 e. The number of likely N-dealkylation sites (tertiary alicyclic amines) is 1. The molecule has 0 radical (unpaired) electrons. The highest BCUT2D eigenvalue weighted by atomic mass is 16.3. The van der Waals surface area contributed by atoms with E-state index >= 15 is 0 Å². The van der Waals surface area contributed by atoms with Crippen molar-refractivity contribution in [3.63, 3.8) is 0 Å². The number of rotatable bonds is 2. The van der Waals surface area contributed by atoms with Crippen LogP contribution in [0.15, 0.2) is 12.2 Å². The highest BCUT2D eigenvalue weighted by Gasteiger charge is 2.17. The fourth-order valence-electron chi connectivity index (χ4n) is 1.40. The van der Waals surface area contributed by atoms with E-state index < -0.39 is 0 Å². The van der Waals surface area contributed by atoms with Crippen molar-refractivity contribution in [2.45, 2.75) is 12.8 Å². The first-order chi connectivity index (χ1) is 6.24. The summed E-state index contributed by atoms with van der Waals surface area (Å²) in [5, 5.41) is 11.1. The Kier molecular flexibility index (Phi) is 3.76. The maximum atomic E-state index is 11.4. The van der Waals surface area contributed by atoms with E-state index in [2.05, 4.69) is 11.9 Å². The molecule has 13 heavy (non-hydrogen) atoms. The second kappa shape index (κ2) is 4.87. The van der Waals surface area contributed by atoms with Crippen LogP contribution in [-0.2, 0) is 0 Å². The number of nitrogens with one attached hydrogen (secondary N) is 1. The number of nitrogens with zero attached hydrogens (tertiary/aromatic N) is 1. The Bertz CT molecular complexity index is 204. The number of hydrogen-bond acceptors (Lipinski definition) is 2. The van der Waals surface area contributed by atoms with Gasteiger partial charge in [0.05, 0.1) is 6.61 Å².